The monoisotopic (exact) mass is 323 g/mol. The van der Waals surface area contributed by atoms with E-state index < -0.39 is 0 Å². The van der Waals surface area contributed by atoms with Crippen molar-refractivity contribution in [3.05, 3.63) is 28.5 Å². The molecular weight excluding hydrogens is 302 g/mol. The minimum absolute atomic E-state index is 0.107. The Morgan fingerprint density at radius 1 is 1.32 bits per heavy atom. The fourth-order valence-corrected chi connectivity index (χ4v) is 2.45. The Labute approximate surface area is 123 Å². The molecule has 0 aliphatic rings. The third-order valence-corrected chi connectivity index (χ3v) is 3.51. The molecule has 0 atom stereocenters. The summed E-state index contributed by atoms with van der Waals surface area (Å²) in [6.07, 6.45) is 1.12. The lowest BCUT2D eigenvalue weighted by atomic mass is 10.1. The number of nitrogens with one attached hydrogen (secondary N) is 1. The Hall–Kier alpha value is -0.870. The standard InChI is InChI=1S/C15H22BrN3/c1-5-8-19-13-7-6-11(16)9-12(13)18-14(19)10-17-15(2,3)4/h6-7,9,17H,5,8,10H2,1-4H3. The van der Waals surface area contributed by atoms with Crippen LogP contribution in [0.1, 0.15) is 39.9 Å². The molecule has 1 heterocycles. The van der Waals surface area contributed by atoms with Crippen LogP contribution in [-0.2, 0) is 13.1 Å². The van der Waals surface area contributed by atoms with E-state index >= 15 is 0 Å². The summed E-state index contributed by atoms with van der Waals surface area (Å²) >= 11 is 3.51. The number of hydrogen-bond donors (Lipinski definition) is 1. The smallest absolute Gasteiger partial charge is 0.123 e. The van der Waals surface area contributed by atoms with E-state index in [0.717, 1.165) is 35.3 Å². The lowest BCUT2D eigenvalue weighted by molar-refractivity contribution is 0.412. The average molecular weight is 324 g/mol. The molecule has 0 bridgehead atoms. The van der Waals surface area contributed by atoms with Gasteiger partial charge in [0.15, 0.2) is 0 Å². The van der Waals surface area contributed by atoms with Gasteiger partial charge in [-0.2, -0.15) is 0 Å². The normalized spacial score (nSPS) is 12.3. The van der Waals surface area contributed by atoms with Crippen LogP contribution in [0.4, 0.5) is 0 Å². The molecule has 0 aliphatic carbocycles. The minimum atomic E-state index is 0.107. The van der Waals surface area contributed by atoms with E-state index in [0.29, 0.717) is 0 Å². The van der Waals surface area contributed by atoms with E-state index in [1.165, 1.54) is 5.52 Å². The van der Waals surface area contributed by atoms with Crippen LogP contribution in [-0.4, -0.2) is 15.1 Å². The highest BCUT2D eigenvalue weighted by Gasteiger charge is 2.14. The summed E-state index contributed by atoms with van der Waals surface area (Å²) in [7, 11) is 0. The molecule has 0 spiro atoms. The Balaban J connectivity index is 2.38. The maximum absolute atomic E-state index is 4.77. The number of aryl methyl sites for hydroxylation is 1. The highest BCUT2D eigenvalue weighted by atomic mass is 79.9. The van der Waals surface area contributed by atoms with Crippen molar-refractivity contribution in [3.8, 4) is 0 Å². The molecular formula is C15H22BrN3. The highest BCUT2D eigenvalue weighted by molar-refractivity contribution is 9.10. The van der Waals surface area contributed by atoms with Gasteiger partial charge in [-0.3, -0.25) is 0 Å². The molecule has 3 nitrogen and oxygen atoms in total. The molecule has 0 aliphatic heterocycles. The number of fused-ring (bicyclic) bond motifs is 1. The molecule has 2 aromatic rings. The van der Waals surface area contributed by atoms with Crippen molar-refractivity contribution in [2.45, 2.75) is 52.7 Å². The summed E-state index contributed by atoms with van der Waals surface area (Å²) < 4.78 is 3.40. The van der Waals surface area contributed by atoms with Crippen molar-refractivity contribution in [1.29, 1.82) is 0 Å². The van der Waals surface area contributed by atoms with Crippen molar-refractivity contribution in [2.24, 2.45) is 0 Å². The summed E-state index contributed by atoms with van der Waals surface area (Å²) in [5, 5.41) is 3.52. The SMILES string of the molecule is CCCn1c(CNC(C)(C)C)nc2cc(Br)ccc21. The van der Waals surface area contributed by atoms with E-state index in [4.69, 9.17) is 4.98 Å². The zero-order chi connectivity index (χ0) is 14.0. The van der Waals surface area contributed by atoms with Gasteiger partial charge in [0, 0.05) is 16.6 Å². The van der Waals surface area contributed by atoms with Crippen molar-refractivity contribution in [1.82, 2.24) is 14.9 Å². The summed E-state index contributed by atoms with van der Waals surface area (Å²) in [6, 6.07) is 6.31. The van der Waals surface area contributed by atoms with Crippen LogP contribution in [0.2, 0.25) is 0 Å². The van der Waals surface area contributed by atoms with E-state index in [2.05, 4.69) is 71.7 Å². The van der Waals surface area contributed by atoms with Crippen LogP contribution in [0, 0.1) is 0 Å². The lowest BCUT2D eigenvalue weighted by Crippen LogP contribution is -2.35. The fourth-order valence-electron chi connectivity index (χ4n) is 2.11. The Bertz CT molecular complexity index is 567. The first-order valence-corrected chi connectivity index (χ1v) is 7.59. The molecule has 2 rings (SSSR count). The van der Waals surface area contributed by atoms with Crippen LogP contribution in [0.15, 0.2) is 22.7 Å². The largest absolute Gasteiger partial charge is 0.327 e. The first-order valence-electron chi connectivity index (χ1n) is 6.80. The Morgan fingerprint density at radius 3 is 2.68 bits per heavy atom. The molecule has 0 saturated carbocycles. The molecule has 1 aromatic heterocycles. The first-order chi connectivity index (χ1) is 8.90. The predicted octanol–water partition coefficient (Wildman–Crippen LogP) is 4.10. The first kappa shape index (κ1) is 14.5. The number of benzene rings is 1. The van der Waals surface area contributed by atoms with Gasteiger partial charge < -0.3 is 9.88 Å². The van der Waals surface area contributed by atoms with Gasteiger partial charge in [-0.1, -0.05) is 22.9 Å². The topological polar surface area (TPSA) is 29.9 Å². The molecule has 0 saturated heterocycles. The molecule has 0 amide bonds. The summed E-state index contributed by atoms with van der Waals surface area (Å²) in [5.74, 6) is 1.12. The van der Waals surface area contributed by atoms with Gasteiger partial charge in [-0.15, -0.1) is 0 Å². The van der Waals surface area contributed by atoms with Gasteiger partial charge in [0.25, 0.3) is 0 Å². The molecule has 19 heavy (non-hydrogen) atoms. The molecule has 4 heteroatoms. The second-order valence-corrected chi connectivity index (χ2v) is 6.83. The summed E-state index contributed by atoms with van der Waals surface area (Å²) in [5.41, 5.74) is 2.39. The van der Waals surface area contributed by atoms with Crippen LogP contribution in [0.3, 0.4) is 0 Å². The van der Waals surface area contributed by atoms with E-state index in [1.54, 1.807) is 0 Å². The van der Waals surface area contributed by atoms with Crippen LogP contribution in [0.25, 0.3) is 11.0 Å². The zero-order valence-corrected chi connectivity index (χ0v) is 13.7. The van der Waals surface area contributed by atoms with Gasteiger partial charge in [0.05, 0.1) is 17.6 Å². The van der Waals surface area contributed by atoms with Crippen molar-refractivity contribution >= 4 is 27.0 Å². The maximum atomic E-state index is 4.77. The summed E-state index contributed by atoms with van der Waals surface area (Å²) in [6.45, 7) is 10.5. The van der Waals surface area contributed by atoms with E-state index in [1.807, 2.05) is 0 Å². The number of aromatic nitrogens is 2. The van der Waals surface area contributed by atoms with E-state index in [9.17, 15) is 0 Å². The average Bonchev–Trinajstić information content (AvgIpc) is 2.64. The lowest BCUT2D eigenvalue weighted by Gasteiger charge is -2.20. The number of hydrogen-bond acceptors (Lipinski definition) is 2. The molecule has 0 unspecified atom stereocenters. The third-order valence-electron chi connectivity index (χ3n) is 3.01. The van der Waals surface area contributed by atoms with Crippen molar-refractivity contribution < 1.29 is 0 Å². The van der Waals surface area contributed by atoms with Gasteiger partial charge in [-0.25, -0.2) is 4.98 Å². The predicted molar refractivity (Wildman–Crippen MR) is 84.3 cm³/mol. The van der Waals surface area contributed by atoms with Gasteiger partial charge in [-0.05, 0) is 45.4 Å². The van der Waals surface area contributed by atoms with Crippen LogP contribution < -0.4 is 5.32 Å². The maximum Gasteiger partial charge on any atom is 0.123 e. The number of imidazole rings is 1. The van der Waals surface area contributed by atoms with Crippen molar-refractivity contribution in [3.63, 3.8) is 0 Å². The van der Waals surface area contributed by atoms with Crippen molar-refractivity contribution in [2.75, 3.05) is 0 Å². The molecule has 0 fully saturated rings. The van der Waals surface area contributed by atoms with Gasteiger partial charge in [0.1, 0.15) is 5.82 Å². The van der Waals surface area contributed by atoms with E-state index in [-0.39, 0.29) is 5.54 Å². The van der Waals surface area contributed by atoms with Gasteiger partial charge >= 0.3 is 0 Å². The number of rotatable bonds is 4. The molecule has 104 valence electrons. The molecule has 1 aromatic carbocycles. The fraction of sp³-hybridized carbons (Fsp3) is 0.533. The molecule has 1 N–H and O–H groups in total. The third kappa shape index (κ3) is 3.57. The molecule has 0 radical (unpaired) electrons. The number of nitrogens with zero attached hydrogens (tertiary/aromatic N) is 2. The highest BCUT2D eigenvalue weighted by Crippen LogP contribution is 2.21. The Morgan fingerprint density at radius 2 is 2.05 bits per heavy atom. The van der Waals surface area contributed by atoms with Crippen LogP contribution in [0.5, 0.6) is 0 Å². The second-order valence-electron chi connectivity index (χ2n) is 5.92. The second kappa shape index (κ2) is 5.63. The quantitative estimate of drug-likeness (QED) is 0.918. The zero-order valence-electron chi connectivity index (χ0n) is 12.1. The minimum Gasteiger partial charge on any atom is -0.327 e. The van der Waals surface area contributed by atoms with Crippen LogP contribution >= 0.6 is 15.9 Å². The van der Waals surface area contributed by atoms with Gasteiger partial charge in [0.2, 0.25) is 0 Å². The number of halogens is 1. The summed E-state index contributed by atoms with van der Waals surface area (Å²) in [4.78, 5) is 4.77. The Kier molecular flexibility index (Phi) is 4.31.